The van der Waals surface area contributed by atoms with Gasteiger partial charge in [-0.1, -0.05) is 6.92 Å². The Morgan fingerprint density at radius 3 is 2.19 bits per heavy atom. The number of halogens is 1. The topological polar surface area (TPSA) is 44.5 Å². The Kier molecular flexibility index (Phi) is 5.09. The van der Waals surface area contributed by atoms with Crippen molar-refractivity contribution in [2.45, 2.75) is 19.8 Å². The van der Waals surface area contributed by atoms with Gasteiger partial charge in [0.2, 0.25) is 0 Å². The number of hydrogen-bond acceptors (Lipinski definition) is 3. The number of aryl methyl sites for hydroxylation is 1. The second-order valence-electron chi connectivity index (χ2n) is 3.47. The van der Waals surface area contributed by atoms with E-state index in [1.54, 1.807) is 14.2 Å². The van der Waals surface area contributed by atoms with E-state index in [4.69, 9.17) is 15.2 Å². The van der Waals surface area contributed by atoms with Gasteiger partial charge in [-0.05, 0) is 52.5 Å². The van der Waals surface area contributed by atoms with Crippen LogP contribution in [0.1, 0.15) is 18.1 Å². The molecule has 0 amide bonds. The third kappa shape index (κ3) is 2.50. The number of hydrogen-bond donors (Lipinski definition) is 1. The van der Waals surface area contributed by atoms with Gasteiger partial charge in [0.25, 0.3) is 0 Å². The molecule has 3 nitrogen and oxygen atoms in total. The fourth-order valence-corrected chi connectivity index (χ4v) is 2.60. The number of ether oxygens (including phenoxy) is 2. The van der Waals surface area contributed by atoms with Crippen LogP contribution in [0.3, 0.4) is 0 Å². The van der Waals surface area contributed by atoms with Crippen molar-refractivity contribution in [1.82, 2.24) is 0 Å². The van der Waals surface area contributed by atoms with E-state index in [9.17, 15) is 0 Å². The molecule has 0 atom stereocenters. The molecule has 0 radical (unpaired) electrons. The number of rotatable bonds is 5. The van der Waals surface area contributed by atoms with Crippen molar-refractivity contribution in [3.63, 3.8) is 0 Å². The maximum absolute atomic E-state index is 5.59. The highest BCUT2D eigenvalue weighted by Crippen LogP contribution is 2.40. The highest BCUT2D eigenvalue weighted by Gasteiger charge is 2.16. The van der Waals surface area contributed by atoms with E-state index in [-0.39, 0.29) is 0 Å². The van der Waals surface area contributed by atoms with Crippen LogP contribution in [0.25, 0.3) is 0 Å². The molecule has 16 heavy (non-hydrogen) atoms. The summed E-state index contributed by atoms with van der Waals surface area (Å²) < 4.78 is 11.6. The summed E-state index contributed by atoms with van der Waals surface area (Å²) >= 11 is 3.52. The molecule has 1 aromatic rings. The molecule has 0 unspecified atom stereocenters. The molecule has 1 rings (SSSR count). The largest absolute Gasteiger partial charge is 0.495 e. The second-order valence-corrected chi connectivity index (χ2v) is 4.26. The van der Waals surface area contributed by atoms with Crippen molar-refractivity contribution in [3.8, 4) is 11.5 Å². The maximum atomic E-state index is 5.59. The van der Waals surface area contributed by atoms with Crippen LogP contribution in [-0.4, -0.2) is 20.8 Å². The summed E-state index contributed by atoms with van der Waals surface area (Å²) in [7, 11) is 3.33. The highest BCUT2D eigenvalue weighted by molar-refractivity contribution is 9.10. The summed E-state index contributed by atoms with van der Waals surface area (Å²) in [5.74, 6) is 1.67. The number of nitrogens with two attached hydrogens (primary N) is 1. The third-order valence-electron chi connectivity index (χ3n) is 2.53. The molecule has 0 aliphatic carbocycles. The lowest BCUT2D eigenvalue weighted by Crippen LogP contribution is -2.06. The van der Waals surface area contributed by atoms with E-state index in [0.29, 0.717) is 6.54 Å². The van der Waals surface area contributed by atoms with Crippen molar-refractivity contribution >= 4 is 15.9 Å². The first kappa shape index (κ1) is 13.3. The predicted molar refractivity (Wildman–Crippen MR) is 69.4 cm³/mol. The highest BCUT2D eigenvalue weighted by atomic mass is 79.9. The van der Waals surface area contributed by atoms with Gasteiger partial charge in [0.15, 0.2) is 0 Å². The number of benzene rings is 1. The lowest BCUT2D eigenvalue weighted by molar-refractivity contribution is 0.383. The van der Waals surface area contributed by atoms with E-state index < -0.39 is 0 Å². The third-order valence-corrected chi connectivity index (χ3v) is 3.25. The molecule has 0 saturated carbocycles. The summed E-state index contributed by atoms with van der Waals surface area (Å²) in [5.41, 5.74) is 7.88. The van der Waals surface area contributed by atoms with Gasteiger partial charge in [0, 0.05) is 0 Å². The smallest absolute Gasteiger partial charge is 0.140 e. The molecule has 90 valence electrons. The fourth-order valence-electron chi connectivity index (χ4n) is 1.77. The lowest BCUT2D eigenvalue weighted by atomic mass is 10.0. The first-order valence-electron chi connectivity index (χ1n) is 5.31. The molecule has 0 fully saturated rings. The summed E-state index contributed by atoms with van der Waals surface area (Å²) in [6, 6.07) is 2.11. The maximum Gasteiger partial charge on any atom is 0.140 e. The zero-order valence-electron chi connectivity index (χ0n) is 9.97. The summed E-state index contributed by atoms with van der Waals surface area (Å²) in [5, 5.41) is 0. The van der Waals surface area contributed by atoms with Crippen LogP contribution in [0.5, 0.6) is 11.5 Å². The predicted octanol–water partition coefficient (Wildman–Crippen LogP) is 2.53. The molecule has 1 aromatic carbocycles. The monoisotopic (exact) mass is 287 g/mol. The second kappa shape index (κ2) is 6.11. The summed E-state index contributed by atoms with van der Waals surface area (Å²) in [4.78, 5) is 0. The van der Waals surface area contributed by atoms with Gasteiger partial charge in [-0.3, -0.25) is 0 Å². The minimum Gasteiger partial charge on any atom is -0.495 e. The Labute approximate surface area is 105 Å². The first-order valence-corrected chi connectivity index (χ1v) is 6.11. The van der Waals surface area contributed by atoms with Gasteiger partial charge >= 0.3 is 0 Å². The van der Waals surface area contributed by atoms with Crippen LogP contribution in [0, 0.1) is 0 Å². The average Bonchev–Trinajstić information content (AvgIpc) is 2.29. The van der Waals surface area contributed by atoms with Gasteiger partial charge < -0.3 is 15.2 Å². The summed E-state index contributed by atoms with van der Waals surface area (Å²) in [6.07, 6.45) is 1.72. The van der Waals surface area contributed by atoms with E-state index in [1.807, 2.05) is 0 Å². The van der Waals surface area contributed by atoms with E-state index in [1.165, 1.54) is 5.56 Å². The normalized spacial score (nSPS) is 10.3. The van der Waals surface area contributed by atoms with Crippen molar-refractivity contribution < 1.29 is 9.47 Å². The van der Waals surface area contributed by atoms with E-state index >= 15 is 0 Å². The molecule has 0 heterocycles. The average molecular weight is 288 g/mol. The first-order chi connectivity index (χ1) is 7.69. The lowest BCUT2D eigenvalue weighted by Gasteiger charge is -2.16. The number of methoxy groups -OCH3 is 2. The molecular formula is C12H18BrNO2. The molecule has 0 spiro atoms. The standard InChI is InChI=1S/C12H18BrNO2/c1-4-8-7-9(5-6-14)12(16-3)10(13)11(8)15-2/h7H,4-6,14H2,1-3H3. The van der Waals surface area contributed by atoms with E-state index in [0.717, 1.165) is 34.4 Å². The molecule has 0 aromatic heterocycles. The summed E-state index contributed by atoms with van der Waals surface area (Å²) in [6.45, 7) is 2.71. The molecule has 0 aliphatic heterocycles. The molecule has 0 saturated heterocycles. The van der Waals surface area contributed by atoms with Crippen LogP contribution in [0.4, 0.5) is 0 Å². The van der Waals surface area contributed by atoms with Crippen LogP contribution in [0.2, 0.25) is 0 Å². The van der Waals surface area contributed by atoms with Crippen molar-refractivity contribution in [3.05, 3.63) is 21.7 Å². The fraction of sp³-hybridized carbons (Fsp3) is 0.500. The molecule has 0 aliphatic rings. The molecule has 0 bridgehead atoms. The van der Waals surface area contributed by atoms with Crippen molar-refractivity contribution in [2.24, 2.45) is 5.73 Å². The molecular weight excluding hydrogens is 270 g/mol. The SMILES string of the molecule is CCc1cc(CCN)c(OC)c(Br)c1OC. The Morgan fingerprint density at radius 1 is 1.19 bits per heavy atom. The Bertz CT molecular complexity index is 367. The van der Waals surface area contributed by atoms with Gasteiger partial charge in [-0.25, -0.2) is 0 Å². The Balaban J connectivity index is 3.35. The quantitative estimate of drug-likeness (QED) is 0.905. The zero-order chi connectivity index (χ0) is 12.1. The minimum absolute atomic E-state index is 0.609. The van der Waals surface area contributed by atoms with Crippen LogP contribution >= 0.6 is 15.9 Å². The molecule has 2 N–H and O–H groups in total. The van der Waals surface area contributed by atoms with Gasteiger partial charge in [0.1, 0.15) is 16.0 Å². The van der Waals surface area contributed by atoms with Gasteiger partial charge in [-0.2, -0.15) is 0 Å². The van der Waals surface area contributed by atoms with Gasteiger partial charge in [-0.15, -0.1) is 0 Å². The Morgan fingerprint density at radius 2 is 1.75 bits per heavy atom. The van der Waals surface area contributed by atoms with E-state index in [2.05, 4.69) is 28.9 Å². The van der Waals surface area contributed by atoms with Crippen LogP contribution < -0.4 is 15.2 Å². The molecule has 4 heteroatoms. The van der Waals surface area contributed by atoms with Crippen molar-refractivity contribution in [1.29, 1.82) is 0 Å². The van der Waals surface area contributed by atoms with Crippen molar-refractivity contribution in [2.75, 3.05) is 20.8 Å². The zero-order valence-corrected chi connectivity index (χ0v) is 11.6. The van der Waals surface area contributed by atoms with Gasteiger partial charge in [0.05, 0.1) is 14.2 Å². The Hall–Kier alpha value is -0.740. The van der Waals surface area contributed by atoms with Crippen LogP contribution in [-0.2, 0) is 12.8 Å². The minimum atomic E-state index is 0.609. The van der Waals surface area contributed by atoms with Crippen LogP contribution in [0.15, 0.2) is 10.5 Å².